The first-order valence-corrected chi connectivity index (χ1v) is 22.6. The van der Waals surface area contributed by atoms with Gasteiger partial charge in [0.25, 0.3) is 0 Å². The summed E-state index contributed by atoms with van der Waals surface area (Å²) in [6.45, 7) is -0.582. The van der Waals surface area contributed by atoms with Gasteiger partial charge >= 0.3 is 21.7 Å². The topological polar surface area (TPSA) is 118 Å². The second kappa shape index (κ2) is 18.5. The summed E-state index contributed by atoms with van der Waals surface area (Å²) >= 11 is 0. The van der Waals surface area contributed by atoms with E-state index in [4.69, 9.17) is 18.4 Å². The number of hydrogen-bond donors (Lipinski definition) is 0. The van der Waals surface area contributed by atoms with Crippen LogP contribution >= 0.6 is 0 Å². The molecule has 11 nitrogen and oxygen atoms in total. The summed E-state index contributed by atoms with van der Waals surface area (Å²) in [6, 6.07) is 54.5. The van der Waals surface area contributed by atoms with Crippen LogP contribution in [0, 0.1) is 6.08 Å². The van der Waals surface area contributed by atoms with Gasteiger partial charge in [0, 0.05) is 14.1 Å². The van der Waals surface area contributed by atoms with Crippen molar-refractivity contribution >= 4 is 27.1 Å². The Morgan fingerprint density at radius 3 is 1.40 bits per heavy atom. The Kier molecular flexibility index (Phi) is 12.5. The molecule has 0 radical (unpaired) electrons. The minimum Gasteiger partial charge on any atom is -0.361 e. The van der Waals surface area contributed by atoms with Crippen LogP contribution in [0.5, 0.6) is 0 Å². The van der Waals surface area contributed by atoms with Crippen LogP contribution in [0.15, 0.2) is 188 Å². The third-order valence-electron chi connectivity index (χ3n) is 11.7. The van der Waals surface area contributed by atoms with E-state index in [0.29, 0.717) is 33.4 Å². The lowest BCUT2D eigenvalue weighted by molar-refractivity contribution is -0.122. The van der Waals surface area contributed by atoms with Crippen molar-refractivity contribution in [2.75, 3.05) is 25.6 Å². The Bertz CT molecular complexity index is 2840. The van der Waals surface area contributed by atoms with E-state index in [-0.39, 0.29) is 17.0 Å². The molecule has 0 amide bonds. The minimum absolute atomic E-state index is 0.0922. The average molecular weight is 930 g/mol. The fourth-order valence-corrected chi connectivity index (χ4v) is 9.42. The van der Waals surface area contributed by atoms with E-state index in [1.54, 1.807) is 105 Å². The van der Waals surface area contributed by atoms with Crippen LogP contribution < -0.4 is 4.90 Å². The molecule has 1 aliphatic heterocycles. The number of alkyl halides is 3. The summed E-state index contributed by atoms with van der Waals surface area (Å²) < 4.78 is 115. The molecule has 0 spiro atoms. The molecule has 0 bridgehead atoms. The number of rotatable bonds is 15. The highest BCUT2D eigenvalue weighted by atomic mass is 32.2. The number of fused-ring (bicyclic) bond motifs is 1. The first kappa shape index (κ1) is 45.3. The maximum absolute atomic E-state index is 15.5. The average Bonchev–Trinajstić information content (AvgIpc) is 3.91. The third kappa shape index (κ3) is 8.47. The van der Waals surface area contributed by atoms with E-state index in [0.717, 1.165) is 0 Å². The Morgan fingerprint density at radius 2 is 1.01 bits per heavy atom. The van der Waals surface area contributed by atoms with E-state index in [1.807, 2.05) is 91.0 Å². The molecule has 8 aromatic rings. The van der Waals surface area contributed by atoms with Crippen LogP contribution in [0.25, 0.3) is 11.2 Å². The van der Waals surface area contributed by atoms with Crippen LogP contribution in [-0.2, 0) is 39.7 Å². The molecule has 4 atom stereocenters. The summed E-state index contributed by atoms with van der Waals surface area (Å²) in [4.78, 5) is 14.1. The highest BCUT2D eigenvalue weighted by Gasteiger charge is 2.58. The zero-order valence-electron chi connectivity index (χ0n) is 36.0. The minimum atomic E-state index is -6.40. The molecule has 3 heterocycles. The molecule has 0 saturated carbocycles. The summed E-state index contributed by atoms with van der Waals surface area (Å²) in [5.41, 5.74) is -5.50. The molecule has 16 heteroatoms. The van der Waals surface area contributed by atoms with Crippen LogP contribution in [0.1, 0.15) is 39.6 Å². The Balaban J connectivity index is 1.29. The lowest BCUT2D eigenvalue weighted by Crippen LogP contribution is -2.48. The Hall–Kier alpha value is -6.82. The van der Waals surface area contributed by atoms with Crippen molar-refractivity contribution in [3.63, 3.8) is 0 Å². The molecule has 342 valence electrons. The number of aromatic nitrogens is 4. The van der Waals surface area contributed by atoms with E-state index in [2.05, 4.69) is 15.0 Å². The summed E-state index contributed by atoms with van der Waals surface area (Å²) in [5.74, 6) is 0.0922. The highest BCUT2D eigenvalue weighted by Crippen LogP contribution is 2.49. The van der Waals surface area contributed by atoms with E-state index >= 15 is 4.39 Å². The van der Waals surface area contributed by atoms with Gasteiger partial charge in [0.2, 0.25) is 0 Å². The lowest BCUT2D eigenvalue weighted by atomic mass is 9.79. The van der Waals surface area contributed by atoms with Crippen molar-refractivity contribution < 1.29 is 44.4 Å². The Labute approximate surface area is 384 Å². The summed E-state index contributed by atoms with van der Waals surface area (Å²) in [7, 11) is -3.14. The smallest absolute Gasteiger partial charge is 0.361 e. The molecule has 1 saturated heterocycles. The number of ether oxygens (including phenoxy) is 3. The van der Waals surface area contributed by atoms with Gasteiger partial charge in [-0.3, -0.25) is 8.75 Å². The van der Waals surface area contributed by atoms with Crippen molar-refractivity contribution in [2.45, 2.75) is 41.3 Å². The van der Waals surface area contributed by atoms with Gasteiger partial charge in [-0.15, -0.1) is 0 Å². The van der Waals surface area contributed by atoms with Gasteiger partial charge in [0.05, 0.1) is 12.9 Å². The summed E-state index contributed by atoms with van der Waals surface area (Å²) in [6.07, 6.45) is -7.02. The predicted octanol–water partition coefficient (Wildman–Crippen LogP) is 9.55. The highest BCUT2D eigenvalue weighted by molar-refractivity contribution is 7.87. The zero-order chi connectivity index (χ0) is 46.8. The van der Waals surface area contributed by atoms with Gasteiger partial charge in [-0.1, -0.05) is 182 Å². The van der Waals surface area contributed by atoms with Crippen molar-refractivity contribution in [3.05, 3.63) is 228 Å². The molecular weight excluding hydrogens is 887 g/mol. The molecule has 67 heavy (non-hydrogen) atoms. The number of benzene rings is 6. The van der Waals surface area contributed by atoms with Crippen molar-refractivity contribution in [1.29, 1.82) is 0 Å². The van der Waals surface area contributed by atoms with Gasteiger partial charge in [-0.25, -0.2) is 4.98 Å². The largest absolute Gasteiger partial charge is 0.523 e. The fourth-order valence-electron chi connectivity index (χ4n) is 8.78. The quantitative estimate of drug-likeness (QED) is 0.0324. The zero-order valence-corrected chi connectivity index (χ0v) is 36.8. The molecule has 6 aromatic carbocycles. The number of anilines is 1. The SMILES string of the molecule is CN(C)c1nc(F)nc2c1ncn2[C@@H]1O[C@H](COC(c2ccccc2)(c2ccccc2)c2ccccc2)[C@@H](OS(=O)(=O)C(F)(F)F)[C@H]1OC(c1ccccc1)(c1ccccc1)c1ccccc1. The normalized spacial score (nSPS) is 18.0. The second-order valence-corrected chi connectivity index (χ2v) is 17.6. The third-order valence-corrected chi connectivity index (χ3v) is 12.8. The second-order valence-electron chi connectivity index (χ2n) is 16.0. The maximum atomic E-state index is 15.5. The summed E-state index contributed by atoms with van der Waals surface area (Å²) in [5, 5.41) is 0. The number of imidazole rings is 1. The Morgan fingerprint density at radius 1 is 0.612 bits per heavy atom. The fraction of sp³-hybridized carbons (Fsp3) is 0.196. The molecule has 0 unspecified atom stereocenters. The van der Waals surface area contributed by atoms with E-state index in [1.165, 1.54) is 15.8 Å². The molecule has 1 aliphatic rings. The molecule has 0 aliphatic carbocycles. The predicted molar refractivity (Wildman–Crippen MR) is 243 cm³/mol. The first-order chi connectivity index (χ1) is 32.3. The number of halogens is 4. The van der Waals surface area contributed by atoms with Gasteiger partial charge < -0.3 is 19.1 Å². The number of hydrogen-bond acceptors (Lipinski definition) is 10. The van der Waals surface area contributed by atoms with Gasteiger partial charge in [-0.05, 0) is 33.4 Å². The standard InChI is InChI=1S/C51H43F4N5O6S/c1-59(2)45-42-46(58-48(52)57-45)60(34-56-42)47-44(65-50(38-27-15-6-16-28-38,39-29-17-7-18-30-39)40-31-19-8-20-32-40)43(66-67(61,62)51(53,54)55)41(64-47)33-63-49(35-21-9-3-10-22-35,36-23-11-4-12-24-36)37-25-13-5-14-26-37/h3-32,34,41,43-44,47H,33H2,1-2H3/t41-,43-,44-,47-/m1/s1. The first-order valence-electron chi connectivity index (χ1n) is 21.2. The maximum Gasteiger partial charge on any atom is 0.523 e. The van der Waals surface area contributed by atoms with Crippen LogP contribution in [0.4, 0.5) is 23.4 Å². The molecular formula is C51H43F4N5O6S. The van der Waals surface area contributed by atoms with Crippen molar-refractivity contribution in [3.8, 4) is 0 Å². The van der Waals surface area contributed by atoms with Crippen molar-refractivity contribution in [1.82, 2.24) is 19.5 Å². The van der Waals surface area contributed by atoms with Crippen LogP contribution in [-0.4, -0.2) is 72.5 Å². The van der Waals surface area contributed by atoms with Gasteiger partial charge in [0.15, 0.2) is 23.2 Å². The van der Waals surface area contributed by atoms with E-state index < -0.39 is 64.1 Å². The van der Waals surface area contributed by atoms with Crippen LogP contribution in [0.2, 0.25) is 0 Å². The molecule has 1 fully saturated rings. The molecule has 0 N–H and O–H groups in total. The number of nitrogens with zero attached hydrogens (tertiary/aromatic N) is 5. The molecule has 2 aromatic heterocycles. The van der Waals surface area contributed by atoms with E-state index in [9.17, 15) is 21.6 Å². The van der Waals surface area contributed by atoms with Crippen molar-refractivity contribution in [2.24, 2.45) is 0 Å². The van der Waals surface area contributed by atoms with Crippen LogP contribution in [0.3, 0.4) is 0 Å². The van der Waals surface area contributed by atoms with Gasteiger partial charge in [0.1, 0.15) is 29.5 Å². The van der Waals surface area contributed by atoms with Gasteiger partial charge in [-0.2, -0.15) is 35.9 Å². The lowest BCUT2D eigenvalue weighted by Gasteiger charge is -2.40. The monoisotopic (exact) mass is 929 g/mol. The molecule has 9 rings (SSSR count).